The fourth-order valence-electron chi connectivity index (χ4n) is 3.67. The van der Waals surface area contributed by atoms with Gasteiger partial charge in [0.1, 0.15) is 5.75 Å². The van der Waals surface area contributed by atoms with E-state index >= 15 is 0 Å². The maximum atomic E-state index is 12.6. The molecular formula is C27H28N4O2S. The van der Waals surface area contributed by atoms with Crippen molar-refractivity contribution in [2.75, 3.05) is 12.9 Å². The quantitative estimate of drug-likeness (QED) is 0.322. The van der Waals surface area contributed by atoms with Crippen LogP contribution in [-0.4, -0.2) is 39.6 Å². The van der Waals surface area contributed by atoms with E-state index in [4.69, 9.17) is 4.74 Å². The van der Waals surface area contributed by atoms with Gasteiger partial charge in [-0.1, -0.05) is 72.4 Å². The predicted molar refractivity (Wildman–Crippen MR) is 136 cm³/mol. The first-order valence-electron chi connectivity index (χ1n) is 11.3. The van der Waals surface area contributed by atoms with Gasteiger partial charge in [-0.05, 0) is 49.6 Å². The predicted octanol–water partition coefficient (Wildman–Crippen LogP) is 5.17. The highest BCUT2D eigenvalue weighted by molar-refractivity contribution is 7.99. The van der Waals surface area contributed by atoms with Crippen molar-refractivity contribution in [1.29, 1.82) is 0 Å². The van der Waals surface area contributed by atoms with Gasteiger partial charge in [0, 0.05) is 17.3 Å². The van der Waals surface area contributed by atoms with Crippen LogP contribution in [0.3, 0.4) is 0 Å². The summed E-state index contributed by atoms with van der Waals surface area (Å²) in [6.07, 6.45) is 1.82. The lowest BCUT2D eigenvalue weighted by Gasteiger charge is -2.14. The standard InChI is InChI=1S/C27H28N4O2S/c1-20(16-17-21-10-5-3-6-11-21)28-25(32)19-34-27-30-29-26(22-12-9-15-24(18-22)33-2)31(27)23-13-7-4-8-14-23/h3-15,18,20H,16-17,19H2,1-2H3,(H,28,32). The second-order valence-corrected chi connectivity index (χ2v) is 8.93. The number of thioether (sulfide) groups is 1. The molecule has 3 aromatic carbocycles. The van der Waals surface area contributed by atoms with Gasteiger partial charge in [-0.25, -0.2) is 0 Å². The Morgan fingerprint density at radius 3 is 2.47 bits per heavy atom. The lowest BCUT2D eigenvalue weighted by molar-refractivity contribution is -0.119. The van der Waals surface area contributed by atoms with Crippen molar-refractivity contribution in [2.24, 2.45) is 0 Å². The zero-order chi connectivity index (χ0) is 23.8. The van der Waals surface area contributed by atoms with Crippen LogP contribution in [0.5, 0.6) is 5.75 Å². The van der Waals surface area contributed by atoms with Crippen LogP contribution in [0.25, 0.3) is 17.1 Å². The van der Waals surface area contributed by atoms with Crippen molar-refractivity contribution in [3.05, 3.63) is 90.5 Å². The number of carbonyl (C=O) groups excluding carboxylic acids is 1. The van der Waals surface area contributed by atoms with Crippen molar-refractivity contribution < 1.29 is 9.53 Å². The highest BCUT2D eigenvalue weighted by Crippen LogP contribution is 2.29. The Morgan fingerprint density at radius 2 is 1.74 bits per heavy atom. The van der Waals surface area contributed by atoms with Crippen LogP contribution >= 0.6 is 11.8 Å². The van der Waals surface area contributed by atoms with E-state index in [2.05, 4.69) is 27.6 Å². The third kappa shape index (κ3) is 6.05. The molecule has 0 bridgehead atoms. The maximum absolute atomic E-state index is 12.6. The molecule has 0 aliphatic heterocycles. The molecule has 1 N–H and O–H groups in total. The number of amides is 1. The summed E-state index contributed by atoms with van der Waals surface area (Å²) >= 11 is 1.38. The number of hydrogen-bond acceptors (Lipinski definition) is 5. The molecule has 174 valence electrons. The number of rotatable bonds is 10. The van der Waals surface area contributed by atoms with Crippen molar-refractivity contribution in [2.45, 2.75) is 31.0 Å². The summed E-state index contributed by atoms with van der Waals surface area (Å²) in [6, 6.07) is 28.0. The third-order valence-corrected chi connectivity index (χ3v) is 6.35. The van der Waals surface area contributed by atoms with E-state index in [1.54, 1.807) is 7.11 Å². The number of aryl methyl sites for hydroxylation is 1. The van der Waals surface area contributed by atoms with Crippen LogP contribution < -0.4 is 10.1 Å². The minimum atomic E-state index is -0.0175. The van der Waals surface area contributed by atoms with E-state index in [0.717, 1.165) is 29.8 Å². The molecule has 4 rings (SSSR count). The highest BCUT2D eigenvalue weighted by Gasteiger charge is 2.18. The molecule has 1 heterocycles. The summed E-state index contributed by atoms with van der Waals surface area (Å²) in [5.41, 5.74) is 3.10. The van der Waals surface area contributed by atoms with Gasteiger partial charge in [-0.15, -0.1) is 10.2 Å². The molecular weight excluding hydrogens is 444 g/mol. The van der Waals surface area contributed by atoms with E-state index in [0.29, 0.717) is 11.0 Å². The number of benzene rings is 3. The van der Waals surface area contributed by atoms with Crippen LogP contribution in [0.1, 0.15) is 18.9 Å². The van der Waals surface area contributed by atoms with Gasteiger partial charge in [-0.2, -0.15) is 0 Å². The lowest BCUT2D eigenvalue weighted by atomic mass is 10.1. The molecule has 1 atom stereocenters. The van der Waals surface area contributed by atoms with Gasteiger partial charge in [0.25, 0.3) is 0 Å². The molecule has 34 heavy (non-hydrogen) atoms. The molecule has 4 aromatic rings. The van der Waals surface area contributed by atoms with E-state index in [9.17, 15) is 4.79 Å². The molecule has 0 aliphatic rings. The molecule has 7 heteroatoms. The summed E-state index contributed by atoms with van der Waals surface area (Å²) in [4.78, 5) is 12.6. The fourth-order valence-corrected chi connectivity index (χ4v) is 4.43. The Balaban J connectivity index is 1.45. The second-order valence-electron chi connectivity index (χ2n) is 7.99. The Hall–Kier alpha value is -3.58. The number of para-hydroxylation sites is 1. The average Bonchev–Trinajstić information content (AvgIpc) is 3.31. The fraction of sp³-hybridized carbons (Fsp3) is 0.222. The number of ether oxygens (including phenoxy) is 1. The van der Waals surface area contributed by atoms with Crippen molar-refractivity contribution in [3.63, 3.8) is 0 Å². The van der Waals surface area contributed by atoms with Gasteiger partial charge < -0.3 is 10.1 Å². The lowest BCUT2D eigenvalue weighted by Crippen LogP contribution is -2.34. The number of nitrogens with zero attached hydrogens (tertiary/aromatic N) is 3. The van der Waals surface area contributed by atoms with Gasteiger partial charge in [0.05, 0.1) is 12.9 Å². The molecule has 0 aliphatic carbocycles. The molecule has 0 saturated heterocycles. The normalized spacial score (nSPS) is 11.7. The first-order valence-corrected chi connectivity index (χ1v) is 12.2. The number of aromatic nitrogens is 3. The van der Waals surface area contributed by atoms with Crippen LogP contribution in [0.2, 0.25) is 0 Å². The number of nitrogens with one attached hydrogen (secondary N) is 1. The molecule has 1 amide bonds. The Bertz CT molecular complexity index is 1210. The summed E-state index contributed by atoms with van der Waals surface area (Å²) in [5.74, 6) is 1.69. The maximum Gasteiger partial charge on any atom is 0.230 e. The van der Waals surface area contributed by atoms with E-state index in [1.807, 2.05) is 84.3 Å². The molecule has 0 saturated carbocycles. The zero-order valence-electron chi connectivity index (χ0n) is 19.3. The number of carbonyl (C=O) groups is 1. The van der Waals surface area contributed by atoms with Crippen molar-refractivity contribution >= 4 is 17.7 Å². The number of hydrogen-bond donors (Lipinski definition) is 1. The average molecular weight is 473 g/mol. The minimum absolute atomic E-state index is 0.0175. The summed E-state index contributed by atoms with van der Waals surface area (Å²) < 4.78 is 7.35. The minimum Gasteiger partial charge on any atom is -0.497 e. The van der Waals surface area contributed by atoms with Gasteiger partial charge in [0.15, 0.2) is 11.0 Å². The van der Waals surface area contributed by atoms with Crippen LogP contribution in [-0.2, 0) is 11.2 Å². The zero-order valence-corrected chi connectivity index (χ0v) is 20.2. The second kappa shape index (κ2) is 11.5. The largest absolute Gasteiger partial charge is 0.497 e. The topological polar surface area (TPSA) is 69.0 Å². The van der Waals surface area contributed by atoms with E-state index in [-0.39, 0.29) is 17.7 Å². The first kappa shape index (κ1) is 23.6. The molecule has 0 radical (unpaired) electrons. The first-order chi connectivity index (χ1) is 16.6. The molecule has 6 nitrogen and oxygen atoms in total. The Morgan fingerprint density at radius 1 is 1.00 bits per heavy atom. The number of methoxy groups -OCH3 is 1. The van der Waals surface area contributed by atoms with Gasteiger partial charge >= 0.3 is 0 Å². The third-order valence-electron chi connectivity index (χ3n) is 5.42. The summed E-state index contributed by atoms with van der Waals surface area (Å²) in [6.45, 7) is 2.04. The van der Waals surface area contributed by atoms with E-state index < -0.39 is 0 Å². The molecule has 0 fully saturated rings. The monoisotopic (exact) mass is 472 g/mol. The van der Waals surface area contributed by atoms with Crippen LogP contribution in [0.15, 0.2) is 90.1 Å². The molecule has 0 spiro atoms. The smallest absolute Gasteiger partial charge is 0.230 e. The van der Waals surface area contributed by atoms with Crippen LogP contribution in [0.4, 0.5) is 0 Å². The van der Waals surface area contributed by atoms with Gasteiger partial charge in [-0.3, -0.25) is 9.36 Å². The SMILES string of the molecule is COc1cccc(-c2nnc(SCC(=O)NC(C)CCc3ccccc3)n2-c2ccccc2)c1. The summed E-state index contributed by atoms with van der Waals surface area (Å²) in [5, 5.41) is 12.6. The van der Waals surface area contributed by atoms with Crippen molar-refractivity contribution in [1.82, 2.24) is 20.1 Å². The van der Waals surface area contributed by atoms with Crippen LogP contribution in [0, 0.1) is 0 Å². The highest BCUT2D eigenvalue weighted by atomic mass is 32.2. The van der Waals surface area contributed by atoms with E-state index in [1.165, 1.54) is 17.3 Å². The molecule has 1 unspecified atom stereocenters. The Labute approximate surface area is 204 Å². The molecule has 1 aromatic heterocycles. The van der Waals surface area contributed by atoms with Gasteiger partial charge in [0.2, 0.25) is 5.91 Å². The van der Waals surface area contributed by atoms with Crippen molar-refractivity contribution in [3.8, 4) is 22.8 Å². The summed E-state index contributed by atoms with van der Waals surface area (Å²) in [7, 11) is 1.64. The Kier molecular flexibility index (Phi) is 7.99.